The standard InChI is InChI=1S/C21H25N3O2S/c25-20(15-27-16-21(26)24-13-5-2-6-14-24)23-19-11-9-18(10-12-19)22-17-7-3-1-4-8-17/h1,3-4,7-12,22H,2,5-6,13-16H2,(H,23,25). The van der Waals surface area contributed by atoms with Gasteiger partial charge in [0.05, 0.1) is 11.5 Å². The predicted octanol–water partition coefficient (Wildman–Crippen LogP) is 4.11. The average Bonchev–Trinajstić information content (AvgIpc) is 2.71. The molecular formula is C21H25N3O2S. The van der Waals surface area contributed by atoms with E-state index in [2.05, 4.69) is 10.6 Å². The van der Waals surface area contributed by atoms with Gasteiger partial charge in [-0.1, -0.05) is 18.2 Å². The highest BCUT2D eigenvalue weighted by atomic mass is 32.2. The molecule has 0 unspecified atom stereocenters. The van der Waals surface area contributed by atoms with Gasteiger partial charge in [0.2, 0.25) is 11.8 Å². The van der Waals surface area contributed by atoms with E-state index in [1.54, 1.807) is 0 Å². The summed E-state index contributed by atoms with van der Waals surface area (Å²) in [5.41, 5.74) is 2.73. The topological polar surface area (TPSA) is 61.4 Å². The molecule has 0 saturated carbocycles. The fraction of sp³-hybridized carbons (Fsp3) is 0.333. The summed E-state index contributed by atoms with van der Waals surface area (Å²) in [7, 11) is 0. The lowest BCUT2D eigenvalue weighted by Gasteiger charge is -2.26. The number of benzene rings is 2. The number of nitrogens with one attached hydrogen (secondary N) is 2. The van der Waals surface area contributed by atoms with E-state index >= 15 is 0 Å². The Kier molecular flexibility index (Phi) is 7.16. The highest BCUT2D eigenvalue weighted by Crippen LogP contribution is 2.19. The Hall–Kier alpha value is -2.47. The lowest BCUT2D eigenvalue weighted by molar-refractivity contribution is -0.129. The quantitative estimate of drug-likeness (QED) is 0.755. The van der Waals surface area contributed by atoms with Gasteiger partial charge in [0.25, 0.3) is 0 Å². The molecule has 0 radical (unpaired) electrons. The van der Waals surface area contributed by atoms with E-state index in [9.17, 15) is 9.59 Å². The third kappa shape index (κ3) is 6.32. The van der Waals surface area contributed by atoms with Crippen molar-refractivity contribution in [3.63, 3.8) is 0 Å². The molecule has 2 aromatic carbocycles. The second-order valence-corrected chi connectivity index (χ2v) is 7.54. The highest BCUT2D eigenvalue weighted by molar-refractivity contribution is 8.00. The number of hydrogen-bond donors (Lipinski definition) is 2. The van der Waals surface area contributed by atoms with Gasteiger partial charge in [-0.15, -0.1) is 11.8 Å². The number of nitrogens with zero attached hydrogens (tertiary/aromatic N) is 1. The molecule has 1 fully saturated rings. The Morgan fingerprint density at radius 2 is 1.44 bits per heavy atom. The average molecular weight is 384 g/mol. The summed E-state index contributed by atoms with van der Waals surface area (Å²) >= 11 is 1.37. The molecule has 0 atom stereocenters. The third-order valence-corrected chi connectivity index (χ3v) is 5.32. The summed E-state index contributed by atoms with van der Waals surface area (Å²) in [5.74, 6) is 0.704. The van der Waals surface area contributed by atoms with Crippen LogP contribution in [0.1, 0.15) is 19.3 Å². The van der Waals surface area contributed by atoms with Crippen molar-refractivity contribution < 1.29 is 9.59 Å². The fourth-order valence-corrected chi connectivity index (χ4v) is 3.70. The summed E-state index contributed by atoms with van der Waals surface area (Å²) in [6, 6.07) is 17.5. The number of para-hydroxylation sites is 1. The van der Waals surface area contributed by atoms with E-state index in [0.29, 0.717) is 5.75 Å². The number of carbonyl (C=O) groups excluding carboxylic acids is 2. The molecule has 6 heteroatoms. The van der Waals surface area contributed by atoms with Crippen molar-refractivity contribution in [2.24, 2.45) is 0 Å². The Labute approximate surface area is 164 Å². The van der Waals surface area contributed by atoms with Gasteiger partial charge in [0, 0.05) is 30.2 Å². The van der Waals surface area contributed by atoms with Gasteiger partial charge in [-0.3, -0.25) is 9.59 Å². The molecule has 2 aromatic rings. The summed E-state index contributed by atoms with van der Waals surface area (Å²) < 4.78 is 0. The molecule has 5 nitrogen and oxygen atoms in total. The lowest BCUT2D eigenvalue weighted by Crippen LogP contribution is -2.37. The van der Waals surface area contributed by atoms with E-state index in [4.69, 9.17) is 0 Å². The van der Waals surface area contributed by atoms with Crippen LogP contribution >= 0.6 is 11.8 Å². The van der Waals surface area contributed by atoms with Gasteiger partial charge in [0.1, 0.15) is 0 Å². The van der Waals surface area contributed by atoms with Crippen LogP contribution in [0.5, 0.6) is 0 Å². The van der Waals surface area contributed by atoms with Crippen LogP contribution in [0.4, 0.5) is 17.1 Å². The molecule has 142 valence electrons. The van der Waals surface area contributed by atoms with E-state index in [0.717, 1.165) is 43.0 Å². The van der Waals surface area contributed by atoms with Crippen molar-refractivity contribution in [1.82, 2.24) is 4.90 Å². The van der Waals surface area contributed by atoms with Gasteiger partial charge >= 0.3 is 0 Å². The lowest BCUT2D eigenvalue weighted by atomic mass is 10.1. The first kappa shape index (κ1) is 19.3. The van der Waals surface area contributed by atoms with Crippen LogP contribution in [0.15, 0.2) is 54.6 Å². The Balaban J connectivity index is 1.39. The molecule has 27 heavy (non-hydrogen) atoms. The van der Waals surface area contributed by atoms with Crippen molar-refractivity contribution in [2.45, 2.75) is 19.3 Å². The Morgan fingerprint density at radius 3 is 2.15 bits per heavy atom. The zero-order chi connectivity index (χ0) is 18.9. The van der Waals surface area contributed by atoms with Crippen molar-refractivity contribution in [3.05, 3.63) is 54.6 Å². The first-order chi connectivity index (χ1) is 13.2. The Morgan fingerprint density at radius 1 is 0.815 bits per heavy atom. The van der Waals surface area contributed by atoms with E-state index in [1.165, 1.54) is 18.2 Å². The van der Waals surface area contributed by atoms with Crippen LogP contribution in [0.2, 0.25) is 0 Å². The largest absolute Gasteiger partial charge is 0.356 e. The maximum absolute atomic E-state index is 12.1. The summed E-state index contributed by atoms with van der Waals surface area (Å²) in [4.78, 5) is 26.1. The van der Waals surface area contributed by atoms with Gasteiger partial charge in [-0.2, -0.15) is 0 Å². The number of carbonyl (C=O) groups is 2. The van der Waals surface area contributed by atoms with Crippen LogP contribution in [0.25, 0.3) is 0 Å². The maximum Gasteiger partial charge on any atom is 0.234 e. The molecule has 2 N–H and O–H groups in total. The molecule has 1 heterocycles. The van der Waals surface area contributed by atoms with Crippen molar-refractivity contribution in [3.8, 4) is 0 Å². The number of amides is 2. The first-order valence-corrected chi connectivity index (χ1v) is 10.4. The van der Waals surface area contributed by atoms with E-state index in [1.807, 2.05) is 59.5 Å². The molecule has 0 aromatic heterocycles. The molecular weight excluding hydrogens is 358 g/mol. The smallest absolute Gasteiger partial charge is 0.234 e. The SMILES string of the molecule is O=C(CSCC(=O)N1CCCCC1)Nc1ccc(Nc2ccccc2)cc1. The zero-order valence-corrected chi connectivity index (χ0v) is 16.1. The summed E-state index contributed by atoms with van der Waals surface area (Å²) in [6.45, 7) is 1.71. The van der Waals surface area contributed by atoms with Gasteiger partial charge < -0.3 is 15.5 Å². The molecule has 1 saturated heterocycles. The molecule has 0 aliphatic carbocycles. The molecule has 1 aliphatic rings. The van der Waals surface area contributed by atoms with E-state index in [-0.39, 0.29) is 17.6 Å². The molecule has 0 spiro atoms. The van der Waals surface area contributed by atoms with Crippen molar-refractivity contribution >= 4 is 40.6 Å². The van der Waals surface area contributed by atoms with Crippen LogP contribution < -0.4 is 10.6 Å². The van der Waals surface area contributed by atoms with E-state index < -0.39 is 0 Å². The van der Waals surface area contributed by atoms with Gasteiger partial charge in [0.15, 0.2) is 0 Å². The fourth-order valence-electron chi connectivity index (χ4n) is 2.99. The molecule has 3 rings (SSSR count). The first-order valence-electron chi connectivity index (χ1n) is 9.28. The van der Waals surface area contributed by atoms with Crippen molar-refractivity contribution in [1.29, 1.82) is 0 Å². The minimum Gasteiger partial charge on any atom is -0.356 e. The van der Waals surface area contributed by atoms with Crippen LogP contribution in [-0.2, 0) is 9.59 Å². The molecule has 2 amide bonds. The van der Waals surface area contributed by atoms with Gasteiger partial charge in [-0.25, -0.2) is 0 Å². The molecule has 1 aliphatic heterocycles. The predicted molar refractivity (Wildman–Crippen MR) is 113 cm³/mol. The van der Waals surface area contributed by atoms with Gasteiger partial charge in [-0.05, 0) is 55.7 Å². The maximum atomic E-state index is 12.1. The highest BCUT2D eigenvalue weighted by Gasteiger charge is 2.16. The molecule has 0 bridgehead atoms. The summed E-state index contributed by atoms with van der Waals surface area (Å²) in [6.07, 6.45) is 3.39. The number of likely N-dealkylation sites (tertiary alicyclic amines) is 1. The Bertz CT molecular complexity index is 744. The number of thioether (sulfide) groups is 1. The number of hydrogen-bond acceptors (Lipinski definition) is 4. The summed E-state index contributed by atoms with van der Waals surface area (Å²) in [5, 5.41) is 6.18. The third-order valence-electron chi connectivity index (χ3n) is 4.40. The zero-order valence-electron chi connectivity index (χ0n) is 15.3. The van der Waals surface area contributed by atoms with Crippen LogP contribution in [0.3, 0.4) is 0 Å². The monoisotopic (exact) mass is 383 g/mol. The van der Waals surface area contributed by atoms with Crippen LogP contribution in [-0.4, -0.2) is 41.3 Å². The number of rotatable bonds is 7. The number of anilines is 3. The van der Waals surface area contributed by atoms with Crippen molar-refractivity contribution in [2.75, 3.05) is 35.2 Å². The van der Waals surface area contributed by atoms with Crippen LogP contribution in [0, 0.1) is 0 Å². The second kappa shape index (κ2) is 10.0. The second-order valence-electron chi connectivity index (χ2n) is 6.55. The number of piperidine rings is 1. The normalized spacial score (nSPS) is 13.9. The minimum absolute atomic E-state index is 0.0878. The minimum atomic E-state index is -0.0878.